The Labute approximate surface area is 267 Å². The molecule has 0 radical (unpaired) electrons. The van der Waals surface area contributed by atoms with E-state index in [4.69, 9.17) is 31.4 Å². The number of rotatable bonds is 0. The monoisotopic (exact) mass is 610 g/mol. The minimum absolute atomic E-state index is 0.293. The van der Waals surface area contributed by atoms with Crippen molar-refractivity contribution in [1.82, 2.24) is 0 Å². The number of amidine groups is 6. The molecule has 5 aliphatic heterocycles. The van der Waals surface area contributed by atoms with Crippen LogP contribution in [0.3, 0.4) is 0 Å². The lowest BCUT2D eigenvalue weighted by atomic mass is 9.63. The van der Waals surface area contributed by atoms with Gasteiger partial charge in [-0.05, 0) is 74.0 Å². The summed E-state index contributed by atoms with van der Waals surface area (Å²) in [4.78, 5) is 22.6. The van der Waals surface area contributed by atoms with Crippen LogP contribution in [0.15, 0.2) is 20.0 Å². The Morgan fingerprint density at radius 1 is 0.432 bits per heavy atom. The van der Waals surface area contributed by atoms with E-state index in [1.165, 1.54) is 139 Å². The number of fused-ring (bicyclic) bond motifs is 13. The van der Waals surface area contributed by atoms with Crippen LogP contribution in [0.4, 0.5) is 0 Å². The van der Waals surface area contributed by atoms with Gasteiger partial charge in [-0.3, -0.25) is 0 Å². The van der Waals surface area contributed by atoms with Gasteiger partial charge >= 0.3 is 6.40 Å². The summed E-state index contributed by atoms with van der Waals surface area (Å²) < 4.78 is 4.87. The average Bonchev–Trinajstić information content (AvgIpc) is 3.66. The zero-order chi connectivity index (χ0) is 28.7. The lowest BCUT2D eigenvalue weighted by Crippen LogP contribution is -2.49. The molecular formula is C36H48BClN6+2. The highest BCUT2D eigenvalue weighted by Crippen LogP contribution is 2.54. The van der Waals surface area contributed by atoms with Crippen LogP contribution in [0, 0.1) is 71.0 Å². The van der Waals surface area contributed by atoms with Crippen LogP contribution < -0.4 is 0 Å². The predicted molar refractivity (Wildman–Crippen MR) is 177 cm³/mol. The molecule has 6 nitrogen and oxygen atoms in total. The van der Waals surface area contributed by atoms with Crippen molar-refractivity contribution in [2.75, 3.05) is 0 Å². The standard InChI is InChI=1S/C36H48BClN6/c38-37-43-33-27-15-21-9-3-5-11-23(21)17-29(27)35(43)42-36-30-18-24-12-6-4-10-22(24)16-28(30)34(44(36)37)41-32-26-14-20-8-2-1-7-19(20)13-25(26)31(39-32)40-33/h19-30H,1-18H2/q+2. The summed E-state index contributed by atoms with van der Waals surface area (Å²) in [5.74, 6) is 15.0. The fourth-order valence-electron chi connectivity index (χ4n) is 13.3. The van der Waals surface area contributed by atoms with E-state index in [9.17, 15) is 0 Å². The maximum Gasteiger partial charge on any atom is 0.661 e. The molecule has 12 unspecified atom stereocenters. The topological polar surface area (TPSA) is 55.5 Å². The van der Waals surface area contributed by atoms with Crippen LogP contribution in [0.2, 0.25) is 0 Å². The molecule has 6 aliphatic carbocycles. The third-order valence-corrected chi connectivity index (χ3v) is 15.7. The lowest BCUT2D eigenvalue weighted by molar-refractivity contribution is -0.390. The Kier molecular flexibility index (Phi) is 5.83. The Balaban J connectivity index is 1.09. The quantitative estimate of drug-likeness (QED) is 0.261. The molecule has 8 heteroatoms. The second-order valence-electron chi connectivity index (χ2n) is 17.1. The molecule has 4 bridgehead atoms. The van der Waals surface area contributed by atoms with Crippen LogP contribution in [0.5, 0.6) is 0 Å². The minimum Gasteiger partial charge on any atom is -0.240 e. The van der Waals surface area contributed by atoms with E-state index < -0.39 is 0 Å². The predicted octanol–water partition coefficient (Wildman–Crippen LogP) is 7.19. The van der Waals surface area contributed by atoms with Crippen LogP contribution in [0.1, 0.15) is 116 Å². The first-order valence-electron chi connectivity index (χ1n) is 19.0. The van der Waals surface area contributed by atoms with E-state index in [1.807, 2.05) is 0 Å². The molecule has 6 fully saturated rings. The summed E-state index contributed by atoms with van der Waals surface area (Å²) in [6.45, 7) is 0. The third-order valence-electron chi connectivity index (χ3n) is 15.3. The molecule has 6 saturated carbocycles. The summed E-state index contributed by atoms with van der Waals surface area (Å²) in [6, 6.07) is 0. The highest BCUT2D eigenvalue weighted by Gasteiger charge is 2.64. The van der Waals surface area contributed by atoms with Crippen molar-refractivity contribution < 1.29 is 8.97 Å². The summed E-state index contributed by atoms with van der Waals surface area (Å²) >= 11 is 7.79. The van der Waals surface area contributed by atoms with Gasteiger partial charge in [-0.15, -0.1) is 0 Å². The normalized spacial score (nSPS) is 48.2. The number of nitrogens with zero attached hydrogens (tertiary/aromatic N) is 6. The molecular weight excluding hydrogens is 563 g/mol. The van der Waals surface area contributed by atoms with Gasteiger partial charge in [0.1, 0.15) is 0 Å². The second-order valence-corrected chi connectivity index (χ2v) is 17.5. The number of halogens is 1. The van der Waals surface area contributed by atoms with E-state index in [1.54, 1.807) is 0 Å². The Bertz CT molecular complexity index is 1510. The van der Waals surface area contributed by atoms with E-state index >= 15 is 0 Å². The number of hydrogen-bond acceptors (Lipinski definition) is 4. The van der Waals surface area contributed by atoms with Gasteiger partial charge in [-0.25, -0.2) is 8.97 Å². The van der Waals surface area contributed by atoms with Crippen molar-refractivity contribution in [3.63, 3.8) is 0 Å². The molecule has 0 aromatic carbocycles. The zero-order valence-corrected chi connectivity index (χ0v) is 27.1. The molecule has 0 amide bonds. The fraction of sp³-hybridized carbons (Fsp3) is 0.833. The van der Waals surface area contributed by atoms with Gasteiger partial charge in [0, 0.05) is 11.8 Å². The maximum absolute atomic E-state index is 7.79. The zero-order valence-electron chi connectivity index (χ0n) is 26.3. The van der Waals surface area contributed by atoms with E-state index in [-0.39, 0.29) is 6.40 Å². The van der Waals surface area contributed by atoms with Gasteiger partial charge in [0.05, 0.1) is 23.7 Å². The SMILES string of the molecule is ClB1[N+]2=C3N=C4N=C(N=C5C6CC7CCCCC7CC6C(=[N+]15)N=C2C1CC2CCCCC2CC31)C1CC2CCCCC2CC41. The Hall–Kier alpha value is -1.63. The van der Waals surface area contributed by atoms with E-state index in [0.717, 1.165) is 47.2 Å². The van der Waals surface area contributed by atoms with Crippen LogP contribution >= 0.6 is 11.5 Å². The second kappa shape index (κ2) is 9.70. The van der Waals surface area contributed by atoms with Gasteiger partial charge in [-0.1, -0.05) is 103 Å². The molecule has 44 heavy (non-hydrogen) atoms. The van der Waals surface area contributed by atoms with Gasteiger partial charge in [0.2, 0.25) is 35.0 Å². The molecule has 0 aromatic rings. The van der Waals surface area contributed by atoms with Gasteiger partial charge in [0.15, 0.2) is 0 Å². The molecule has 5 heterocycles. The lowest BCUT2D eigenvalue weighted by Gasteiger charge is -2.40. The highest BCUT2D eigenvalue weighted by atomic mass is 35.5. The van der Waals surface area contributed by atoms with E-state index in [0.29, 0.717) is 35.5 Å². The summed E-state index contributed by atoms with van der Waals surface area (Å²) in [6.07, 6.45) is 24.2. The first-order chi connectivity index (χ1) is 21.7. The van der Waals surface area contributed by atoms with Gasteiger partial charge in [0.25, 0.3) is 0 Å². The molecule has 0 saturated heterocycles. The van der Waals surface area contributed by atoms with Gasteiger partial charge < -0.3 is 0 Å². The molecule has 230 valence electrons. The Morgan fingerprint density at radius 3 is 1.27 bits per heavy atom. The van der Waals surface area contributed by atoms with Crippen molar-refractivity contribution in [3.8, 4) is 0 Å². The van der Waals surface area contributed by atoms with Gasteiger partial charge in [-0.2, -0.15) is 4.99 Å². The third kappa shape index (κ3) is 3.63. The number of hydrogen-bond donors (Lipinski definition) is 0. The fourth-order valence-corrected chi connectivity index (χ4v) is 13.7. The van der Waals surface area contributed by atoms with E-state index in [2.05, 4.69) is 8.97 Å². The van der Waals surface area contributed by atoms with Crippen molar-refractivity contribution in [2.24, 2.45) is 91.0 Å². The maximum atomic E-state index is 7.79. The molecule has 11 rings (SSSR count). The van der Waals surface area contributed by atoms with Crippen LogP contribution in [-0.2, 0) is 0 Å². The largest absolute Gasteiger partial charge is 0.661 e. The number of aliphatic imine (C=N–C) groups is 4. The summed E-state index contributed by atoms with van der Waals surface area (Å²) in [5, 5.41) is 0. The Morgan fingerprint density at radius 2 is 0.795 bits per heavy atom. The first kappa shape index (κ1) is 26.4. The van der Waals surface area contributed by atoms with Crippen molar-refractivity contribution in [1.29, 1.82) is 0 Å². The molecule has 0 N–H and O–H groups in total. The summed E-state index contributed by atoms with van der Waals surface area (Å²) in [7, 11) is 0. The van der Waals surface area contributed by atoms with Crippen molar-refractivity contribution >= 4 is 52.9 Å². The smallest absolute Gasteiger partial charge is 0.240 e. The highest BCUT2D eigenvalue weighted by molar-refractivity contribution is 6.99. The molecule has 0 spiro atoms. The van der Waals surface area contributed by atoms with Crippen molar-refractivity contribution in [3.05, 3.63) is 0 Å². The molecule has 0 aromatic heterocycles. The summed E-state index contributed by atoms with van der Waals surface area (Å²) in [5.41, 5.74) is 0. The molecule has 11 aliphatic rings. The minimum atomic E-state index is -0.293. The molecule has 12 atom stereocenters. The van der Waals surface area contributed by atoms with Crippen LogP contribution in [-0.4, -0.2) is 50.4 Å². The van der Waals surface area contributed by atoms with Crippen LogP contribution in [0.25, 0.3) is 0 Å². The first-order valence-corrected chi connectivity index (χ1v) is 19.4. The average molecular weight is 611 g/mol. The van der Waals surface area contributed by atoms with Crippen molar-refractivity contribution in [2.45, 2.75) is 116 Å².